The minimum atomic E-state index is 0.322. The molecule has 0 aliphatic rings. The van der Waals surface area contributed by atoms with E-state index in [0.29, 0.717) is 34.5 Å². The quantitative estimate of drug-likeness (QED) is 0.110. The van der Waals surface area contributed by atoms with Crippen LogP contribution in [0, 0.1) is 0 Å². The van der Waals surface area contributed by atoms with Gasteiger partial charge in [0.25, 0.3) is 0 Å². The first-order valence-corrected chi connectivity index (χ1v) is 12.8. The van der Waals surface area contributed by atoms with Crippen molar-refractivity contribution in [2.45, 2.75) is 0 Å². The fourth-order valence-corrected chi connectivity index (χ4v) is 2.57. The Bertz CT molecular complexity index is 1100. The molecule has 0 spiro atoms. The molecule has 0 saturated carbocycles. The Morgan fingerprint density at radius 1 is 0.167 bits per heavy atom. The third kappa shape index (κ3) is 21.1. The maximum Gasteiger partial charge on any atom is 0.115 e. The molecule has 0 heterocycles. The highest BCUT2D eigenvalue weighted by molar-refractivity contribution is 5.21. The first-order chi connectivity index (χ1) is 20.4. The van der Waals surface area contributed by atoms with Crippen LogP contribution in [0.15, 0.2) is 182 Å². The van der Waals surface area contributed by atoms with Crippen LogP contribution in [-0.2, 0) is 0 Å². The number of phenols is 6. The molecule has 0 amide bonds. The Morgan fingerprint density at radius 3 is 0.310 bits per heavy atom. The molecule has 0 aromatic heterocycles. The van der Waals surface area contributed by atoms with Crippen molar-refractivity contribution in [1.82, 2.24) is 0 Å². The molecule has 42 heavy (non-hydrogen) atoms. The van der Waals surface area contributed by atoms with E-state index in [0.717, 1.165) is 0 Å². The van der Waals surface area contributed by atoms with E-state index in [1.54, 1.807) is 146 Å². The fourth-order valence-electron chi connectivity index (χ4n) is 2.57. The number of phenolic OH excluding ortho intramolecular Hbond substituents is 6. The summed E-state index contributed by atoms with van der Waals surface area (Å²) >= 11 is 0. The second-order valence-corrected chi connectivity index (χ2v) is 8.01. The van der Waals surface area contributed by atoms with Gasteiger partial charge >= 0.3 is 0 Å². The highest BCUT2D eigenvalue weighted by Crippen LogP contribution is 2.05. The van der Waals surface area contributed by atoms with E-state index >= 15 is 0 Å². The monoisotopic (exact) mass is 564 g/mol. The van der Waals surface area contributed by atoms with E-state index in [1.165, 1.54) is 0 Å². The van der Waals surface area contributed by atoms with Crippen molar-refractivity contribution in [2.24, 2.45) is 0 Å². The Hall–Kier alpha value is -5.88. The van der Waals surface area contributed by atoms with Crippen LogP contribution in [0.1, 0.15) is 0 Å². The SMILES string of the molecule is Oc1ccccc1.Oc1ccccc1.Oc1ccccc1.Oc1ccccc1.Oc1ccccc1.Oc1ccccc1. The van der Waals surface area contributed by atoms with Crippen molar-refractivity contribution in [1.29, 1.82) is 0 Å². The summed E-state index contributed by atoms with van der Waals surface area (Å²) in [5.41, 5.74) is 0. The van der Waals surface area contributed by atoms with E-state index in [9.17, 15) is 0 Å². The van der Waals surface area contributed by atoms with Crippen molar-refractivity contribution >= 4 is 0 Å². The number of aromatic hydroxyl groups is 6. The third-order valence-corrected chi connectivity index (χ3v) is 4.54. The zero-order chi connectivity index (χ0) is 30.7. The standard InChI is InChI=1S/6C6H6O/c6*7-6-4-2-1-3-5-6/h6*1-5,7H. The fraction of sp³-hybridized carbons (Fsp3) is 0. The van der Waals surface area contributed by atoms with Gasteiger partial charge in [0.2, 0.25) is 0 Å². The molecule has 6 rings (SSSR count). The van der Waals surface area contributed by atoms with Gasteiger partial charge in [0.05, 0.1) is 0 Å². The van der Waals surface area contributed by atoms with E-state index < -0.39 is 0 Å². The lowest BCUT2D eigenvalue weighted by Crippen LogP contribution is -1.56. The van der Waals surface area contributed by atoms with Crippen LogP contribution in [-0.4, -0.2) is 30.6 Å². The summed E-state index contributed by atoms with van der Waals surface area (Å²) in [6.45, 7) is 0. The molecule has 216 valence electrons. The highest BCUT2D eigenvalue weighted by atomic mass is 16.3. The summed E-state index contributed by atoms with van der Waals surface area (Å²) in [5.74, 6) is 1.93. The number of rotatable bonds is 0. The van der Waals surface area contributed by atoms with E-state index in [4.69, 9.17) is 30.6 Å². The highest BCUT2D eigenvalue weighted by Gasteiger charge is 1.78. The van der Waals surface area contributed by atoms with Crippen molar-refractivity contribution < 1.29 is 30.6 Å². The third-order valence-electron chi connectivity index (χ3n) is 4.54. The predicted molar refractivity (Wildman–Crippen MR) is 169 cm³/mol. The Kier molecular flexibility index (Phi) is 18.7. The number of para-hydroxylation sites is 6. The molecule has 0 saturated heterocycles. The van der Waals surface area contributed by atoms with E-state index in [2.05, 4.69) is 0 Å². The predicted octanol–water partition coefficient (Wildman–Crippen LogP) is 8.35. The smallest absolute Gasteiger partial charge is 0.115 e. The van der Waals surface area contributed by atoms with Crippen molar-refractivity contribution in [3.8, 4) is 34.5 Å². The first-order valence-electron chi connectivity index (χ1n) is 12.8. The zero-order valence-electron chi connectivity index (χ0n) is 23.0. The minimum absolute atomic E-state index is 0.322. The second-order valence-electron chi connectivity index (χ2n) is 8.01. The molecule has 0 fully saturated rings. The van der Waals surface area contributed by atoms with Gasteiger partial charge in [-0.3, -0.25) is 0 Å². The van der Waals surface area contributed by atoms with Gasteiger partial charge in [-0.2, -0.15) is 0 Å². The molecule has 0 atom stereocenters. The minimum Gasteiger partial charge on any atom is -0.508 e. The summed E-state index contributed by atoms with van der Waals surface area (Å²) < 4.78 is 0. The molecule has 0 aliphatic carbocycles. The molecular weight excluding hydrogens is 528 g/mol. The van der Waals surface area contributed by atoms with Crippen LogP contribution in [0.5, 0.6) is 34.5 Å². The number of hydrogen-bond donors (Lipinski definition) is 6. The zero-order valence-corrected chi connectivity index (χ0v) is 23.0. The molecule has 6 aromatic carbocycles. The molecule has 0 radical (unpaired) electrons. The molecule has 6 heteroatoms. The van der Waals surface area contributed by atoms with Crippen LogP contribution in [0.4, 0.5) is 0 Å². The molecule has 6 aromatic rings. The van der Waals surface area contributed by atoms with E-state index in [-0.39, 0.29) is 0 Å². The van der Waals surface area contributed by atoms with Gasteiger partial charge in [-0.15, -0.1) is 0 Å². The maximum absolute atomic E-state index is 8.63. The Balaban J connectivity index is 0.000000252. The van der Waals surface area contributed by atoms with Gasteiger partial charge in [-0.05, 0) is 72.8 Å². The second kappa shape index (κ2) is 23.0. The lowest BCUT2D eigenvalue weighted by molar-refractivity contribution is 0.475. The van der Waals surface area contributed by atoms with Gasteiger partial charge in [-0.25, -0.2) is 0 Å². The van der Waals surface area contributed by atoms with Gasteiger partial charge < -0.3 is 30.6 Å². The first kappa shape index (κ1) is 34.1. The topological polar surface area (TPSA) is 121 Å². The van der Waals surface area contributed by atoms with Crippen LogP contribution in [0.25, 0.3) is 0 Å². The summed E-state index contributed by atoms with van der Waals surface area (Å²) in [6, 6.07) is 52.3. The Labute approximate surface area is 247 Å². The average molecular weight is 565 g/mol. The van der Waals surface area contributed by atoms with Crippen LogP contribution in [0.3, 0.4) is 0 Å². The van der Waals surface area contributed by atoms with Gasteiger partial charge in [0.1, 0.15) is 34.5 Å². The Morgan fingerprint density at radius 2 is 0.262 bits per heavy atom. The van der Waals surface area contributed by atoms with Crippen LogP contribution in [0.2, 0.25) is 0 Å². The van der Waals surface area contributed by atoms with Crippen molar-refractivity contribution in [3.05, 3.63) is 182 Å². The molecular formula is C36H36O6. The molecule has 0 bridgehead atoms. The maximum atomic E-state index is 8.63. The number of hydrogen-bond acceptors (Lipinski definition) is 6. The number of benzene rings is 6. The van der Waals surface area contributed by atoms with Crippen LogP contribution >= 0.6 is 0 Å². The largest absolute Gasteiger partial charge is 0.508 e. The van der Waals surface area contributed by atoms with Crippen molar-refractivity contribution in [2.75, 3.05) is 0 Å². The lowest BCUT2D eigenvalue weighted by atomic mass is 10.3. The lowest BCUT2D eigenvalue weighted by Gasteiger charge is -1.82. The summed E-state index contributed by atoms with van der Waals surface area (Å²) in [6.07, 6.45) is 0. The molecule has 6 N–H and O–H groups in total. The van der Waals surface area contributed by atoms with Crippen LogP contribution < -0.4 is 0 Å². The van der Waals surface area contributed by atoms with Gasteiger partial charge in [0, 0.05) is 0 Å². The van der Waals surface area contributed by atoms with Gasteiger partial charge in [0.15, 0.2) is 0 Å². The van der Waals surface area contributed by atoms with Gasteiger partial charge in [-0.1, -0.05) is 109 Å². The summed E-state index contributed by atoms with van der Waals surface area (Å²) in [7, 11) is 0. The normalized spacial score (nSPS) is 8.57. The average Bonchev–Trinajstić information content (AvgIpc) is 3.01. The van der Waals surface area contributed by atoms with E-state index in [1.807, 2.05) is 36.4 Å². The molecule has 0 unspecified atom stereocenters. The summed E-state index contributed by atoms with van der Waals surface area (Å²) in [4.78, 5) is 0. The molecule has 6 nitrogen and oxygen atoms in total. The summed E-state index contributed by atoms with van der Waals surface area (Å²) in [5, 5.41) is 51.8. The molecule has 0 aliphatic heterocycles. The van der Waals surface area contributed by atoms with Crippen molar-refractivity contribution in [3.63, 3.8) is 0 Å².